The van der Waals surface area contributed by atoms with E-state index < -0.39 is 0 Å². The Morgan fingerprint density at radius 2 is 1.95 bits per heavy atom. The second-order valence-electron chi connectivity index (χ2n) is 4.90. The molecule has 2 aromatic carbocycles. The maximum atomic E-state index is 9.64. The van der Waals surface area contributed by atoms with Crippen LogP contribution in [0.5, 0.6) is 5.75 Å². The summed E-state index contributed by atoms with van der Waals surface area (Å²) in [6.45, 7) is 0. The number of hydrogen-bond acceptors (Lipinski definition) is 3. The number of benzene rings is 2. The first-order valence-electron chi connectivity index (χ1n) is 6.41. The van der Waals surface area contributed by atoms with Gasteiger partial charge in [-0.2, -0.15) is 4.57 Å². The van der Waals surface area contributed by atoms with Crippen molar-refractivity contribution in [2.45, 2.75) is 9.79 Å². The van der Waals surface area contributed by atoms with Crippen LogP contribution in [-0.2, 0) is 7.05 Å². The number of nitrogens with zero attached hydrogens (tertiary/aromatic N) is 1. The Kier molecular flexibility index (Phi) is 2.41. The van der Waals surface area contributed by atoms with Gasteiger partial charge in [0.05, 0.1) is 16.8 Å². The highest BCUT2D eigenvalue weighted by atomic mass is 32.2. The van der Waals surface area contributed by atoms with E-state index in [-0.39, 0.29) is 5.75 Å². The molecule has 2 heterocycles. The fraction of sp³-hybridized carbons (Fsp3) is 0.0625. The Labute approximate surface area is 120 Å². The molecule has 0 saturated carbocycles. The topological polar surface area (TPSA) is 36.1 Å². The molecule has 1 aliphatic rings. The smallest absolute Gasteiger partial charge is 0.214 e. The van der Waals surface area contributed by atoms with Crippen LogP contribution in [-0.4, -0.2) is 5.11 Å². The van der Waals surface area contributed by atoms with E-state index in [1.54, 1.807) is 23.9 Å². The third kappa shape index (κ3) is 1.65. The van der Waals surface area contributed by atoms with E-state index in [2.05, 4.69) is 35.3 Å². The number of phenols is 1. The molecule has 98 valence electrons. The van der Waals surface area contributed by atoms with Gasteiger partial charge < -0.3 is 10.4 Å². The van der Waals surface area contributed by atoms with E-state index in [1.165, 1.54) is 15.8 Å². The van der Waals surface area contributed by atoms with E-state index in [4.69, 9.17) is 0 Å². The van der Waals surface area contributed by atoms with Gasteiger partial charge in [-0.1, -0.05) is 23.9 Å². The van der Waals surface area contributed by atoms with E-state index >= 15 is 0 Å². The molecule has 0 amide bonds. The van der Waals surface area contributed by atoms with Crippen molar-refractivity contribution in [1.82, 2.24) is 0 Å². The van der Waals surface area contributed by atoms with Crippen LogP contribution in [0.15, 0.2) is 58.5 Å². The molecule has 3 nitrogen and oxygen atoms in total. The maximum Gasteiger partial charge on any atom is 0.214 e. The van der Waals surface area contributed by atoms with E-state index in [9.17, 15) is 5.11 Å². The number of aryl methyl sites for hydroxylation is 1. The predicted molar refractivity (Wildman–Crippen MR) is 80.6 cm³/mol. The quantitative estimate of drug-likeness (QED) is 0.484. The summed E-state index contributed by atoms with van der Waals surface area (Å²) in [7, 11) is 2.06. The highest BCUT2D eigenvalue weighted by Crippen LogP contribution is 2.46. The zero-order chi connectivity index (χ0) is 13.7. The van der Waals surface area contributed by atoms with Gasteiger partial charge in [-0.25, -0.2) is 0 Å². The van der Waals surface area contributed by atoms with Crippen LogP contribution in [0.4, 0.5) is 11.4 Å². The number of anilines is 2. The zero-order valence-corrected chi connectivity index (χ0v) is 11.7. The van der Waals surface area contributed by atoms with Crippen molar-refractivity contribution < 1.29 is 9.67 Å². The first-order valence-corrected chi connectivity index (χ1v) is 7.23. The highest BCUT2D eigenvalue weighted by Gasteiger charge is 2.22. The van der Waals surface area contributed by atoms with Crippen molar-refractivity contribution in [3.63, 3.8) is 0 Å². The van der Waals surface area contributed by atoms with E-state index in [0.717, 1.165) is 16.3 Å². The summed E-state index contributed by atoms with van der Waals surface area (Å²) < 4.78 is 2.15. The number of rotatable bonds is 0. The lowest BCUT2D eigenvalue weighted by Crippen LogP contribution is -2.29. The Morgan fingerprint density at radius 3 is 2.85 bits per heavy atom. The van der Waals surface area contributed by atoms with Gasteiger partial charge in [-0.05, 0) is 18.2 Å². The fourth-order valence-electron chi connectivity index (χ4n) is 2.60. The molecule has 0 unspecified atom stereocenters. The van der Waals surface area contributed by atoms with Crippen LogP contribution in [0, 0.1) is 0 Å². The third-order valence-corrected chi connectivity index (χ3v) is 4.66. The predicted octanol–water partition coefficient (Wildman–Crippen LogP) is 3.58. The van der Waals surface area contributed by atoms with Gasteiger partial charge in [-0.3, -0.25) is 0 Å². The van der Waals surface area contributed by atoms with Gasteiger partial charge >= 0.3 is 0 Å². The standard InChI is InChI=1S/C16H12N2OS/c1-18-9-15-16(11-4-2-3-5-13(11)18)17-12-8-10(19)6-7-14(12)20-15/h2-9,19H,1H3/p+1. The first-order chi connectivity index (χ1) is 9.72. The zero-order valence-electron chi connectivity index (χ0n) is 10.9. The minimum absolute atomic E-state index is 0.283. The molecule has 0 bridgehead atoms. The molecule has 0 saturated heterocycles. The number of hydrogen-bond donors (Lipinski definition) is 2. The van der Waals surface area contributed by atoms with Crippen molar-refractivity contribution in [3.05, 3.63) is 48.7 Å². The summed E-state index contributed by atoms with van der Waals surface area (Å²) in [6.07, 6.45) is 2.14. The lowest BCUT2D eigenvalue weighted by Gasteiger charge is -2.21. The van der Waals surface area contributed by atoms with Gasteiger partial charge in [0.25, 0.3) is 0 Å². The number of aromatic nitrogens is 1. The monoisotopic (exact) mass is 281 g/mol. The molecule has 4 rings (SSSR count). The summed E-state index contributed by atoms with van der Waals surface area (Å²) in [5.41, 5.74) is 3.26. The summed E-state index contributed by atoms with van der Waals surface area (Å²) in [6, 6.07) is 13.8. The van der Waals surface area contributed by atoms with Crippen LogP contribution in [0.3, 0.4) is 0 Å². The number of phenolic OH excluding ortho intramolecular Hbond substituents is 1. The van der Waals surface area contributed by atoms with E-state index in [1.807, 2.05) is 18.2 Å². The average Bonchev–Trinajstić information content (AvgIpc) is 2.46. The minimum Gasteiger partial charge on any atom is -0.508 e. The molecule has 0 atom stereocenters. The number of para-hydroxylation sites is 1. The molecule has 0 aliphatic carbocycles. The van der Waals surface area contributed by atoms with Crippen molar-refractivity contribution in [2.24, 2.45) is 7.05 Å². The van der Waals surface area contributed by atoms with E-state index in [0.29, 0.717) is 0 Å². The molecule has 0 fully saturated rings. The normalized spacial score (nSPS) is 12.7. The van der Waals surface area contributed by atoms with Gasteiger partial charge in [0.15, 0.2) is 6.20 Å². The van der Waals surface area contributed by atoms with Gasteiger partial charge in [0.2, 0.25) is 5.52 Å². The third-order valence-electron chi connectivity index (χ3n) is 3.55. The Bertz CT molecular complexity index is 845. The van der Waals surface area contributed by atoms with Crippen molar-refractivity contribution >= 4 is 34.0 Å². The Hall–Kier alpha value is -2.20. The molecular weight excluding hydrogens is 268 g/mol. The van der Waals surface area contributed by atoms with Crippen LogP contribution in [0.1, 0.15) is 0 Å². The Balaban J connectivity index is 1.98. The largest absolute Gasteiger partial charge is 0.508 e. The van der Waals surface area contributed by atoms with Crippen LogP contribution in [0.25, 0.3) is 10.9 Å². The summed E-state index contributed by atoms with van der Waals surface area (Å²) in [4.78, 5) is 2.33. The highest BCUT2D eigenvalue weighted by molar-refractivity contribution is 7.99. The maximum absolute atomic E-state index is 9.64. The molecule has 2 N–H and O–H groups in total. The van der Waals surface area contributed by atoms with Crippen LogP contribution < -0.4 is 9.88 Å². The first kappa shape index (κ1) is 11.6. The fourth-order valence-corrected chi connectivity index (χ4v) is 3.67. The number of aromatic hydroxyl groups is 1. The van der Waals surface area contributed by atoms with Gasteiger partial charge in [0.1, 0.15) is 17.7 Å². The number of pyridine rings is 1. The Morgan fingerprint density at radius 1 is 1.10 bits per heavy atom. The van der Waals surface area contributed by atoms with Crippen LogP contribution in [0.2, 0.25) is 0 Å². The summed E-state index contributed by atoms with van der Waals surface area (Å²) >= 11 is 1.73. The lowest BCUT2D eigenvalue weighted by atomic mass is 10.1. The SMILES string of the molecule is C[n+]1cc2c(c3ccccc31)Nc1cc(O)ccc1S2. The summed E-state index contributed by atoms with van der Waals surface area (Å²) in [5, 5.41) is 14.3. The molecule has 1 aliphatic heterocycles. The molecule has 1 aromatic heterocycles. The minimum atomic E-state index is 0.283. The number of fused-ring (bicyclic) bond motifs is 4. The number of nitrogens with one attached hydrogen (secondary N) is 1. The van der Waals surface area contributed by atoms with Gasteiger partial charge in [-0.15, -0.1) is 0 Å². The molecular formula is C16H13N2OS+. The second kappa shape index (κ2) is 4.15. The molecule has 0 spiro atoms. The second-order valence-corrected chi connectivity index (χ2v) is 5.99. The molecule has 0 radical (unpaired) electrons. The van der Waals surface area contributed by atoms with Crippen molar-refractivity contribution in [3.8, 4) is 5.75 Å². The summed E-state index contributed by atoms with van der Waals surface area (Å²) in [5.74, 6) is 0.283. The molecule has 3 aromatic rings. The van der Waals surface area contributed by atoms with Crippen molar-refractivity contribution in [1.29, 1.82) is 0 Å². The average molecular weight is 281 g/mol. The van der Waals surface area contributed by atoms with Crippen LogP contribution >= 0.6 is 11.8 Å². The van der Waals surface area contributed by atoms with Gasteiger partial charge in [0, 0.05) is 17.0 Å². The molecule has 20 heavy (non-hydrogen) atoms. The molecule has 4 heteroatoms. The van der Waals surface area contributed by atoms with Crippen molar-refractivity contribution in [2.75, 3.05) is 5.32 Å². The lowest BCUT2D eigenvalue weighted by molar-refractivity contribution is -0.646.